The maximum atomic E-state index is 12.4. The normalized spacial score (nSPS) is 14.7. The Morgan fingerprint density at radius 1 is 1.13 bits per heavy atom. The van der Waals surface area contributed by atoms with Crippen molar-refractivity contribution in [2.75, 3.05) is 45.7 Å². The second-order valence-electron chi connectivity index (χ2n) is 6.94. The van der Waals surface area contributed by atoms with Crippen molar-refractivity contribution >= 4 is 36.4 Å². The number of aryl methyl sites for hydroxylation is 1. The van der Waals surface area contributed by atoms with Crippen LogP contribution in [-0.4, -0.2) is 50.8 Å². The highest BCUT2D eigenvalue weighted by Gasteiger charge is 2.23. The molecule has 1 fully saturated rings. The molecule has 1 heterocycles. The molecule has 1 aliphatic rings. The molecule has 166 valence electrons. The summed E-state index contributed by atoms with van der Waals surface area (Å²) in [4.78, 5) is 14.8. The van der Waals surface area contributed by atoms with E-state index in [2.05, 4.69) is 22.3 Å². The molecule has 3 rings (SSSR count). The Hall–Kier alpha value is -1.99. The van der Waals surface area contributed by atoms with Gasteiger partial charge < -0.3 is 20.5 Å². The molecule has 1 unspecified atom stereocenters. The van der Waals surface area contributed by atoms with Crippen LogP contribution in [0.2, 0.25) is 0 Å². The number of rotatable bonds is 8. The van der Waals surface area contributed by atoms with E-state index in [1.165, 1.54) is 0 Å². The van der Waals surface area contributed by atoms with E-state index in [0.29, 0.717) is 32.6 Å². The van der Waals surface area contributed by atoms with Gasteiger partial charge in [0.2, 0.25) is 5.91 Å². The van der Waals surface area contributed by atoms with E-state index < -0.39 is 0 Å². The highest BCUT2D eigenvalue weighted by atomic mass is 35.5. The number of ether oxygens (including phenoxy) is 2. The summed E-state index contributed by atoms with van der Waals surface area (Å²) < 4.78 is 10.7. The fourth-order valence-electron chi connectivity index (χ4n) is 3.48. The van der Waals surface area contributed by atoms with Crippen molar-refractivity contribution in [1.82, 2.24) is 10.2 Å². The fraction of sp³-hybridized carbons (Fsp3) is 0.409. The number of nitrogen functional groups attached to an aromatic ring is 1. The minimum Gasteiger partial charge on any atom is -0.497 e. The van der Waals surface area contributed by atoms with Gasteiger partial charge in [0, 0.05) is 31.7 Å². The molecule has 1 saturated heterocycles. The Morgan fingerprint density at radius 3 is 2.43 bits per heavy atom. The molecule has 0 spiro atoms. The number of carbonyl (C=O) groups excluding carboxylic acids is 1. The number of carbonyl (C=O) groups is 1. The van der Waals surface area contributed by atoms with E-state index in [0.717, 1.165) is 35.7 Å². The maximum absolute atomic E-state index is 12.4. The van der Waals surface area contributed by atoms with E-state index in [4.69, 9.17) is 15.2 Å². The molecule has 1 atom stereocenters. The molecule has 0 aliphatic carbocycles. The molecule has 2 aromatic rings. The van der Waals surface area contributed by atoms with Gasteiger partial charge in [0.1, 0.15) is 5.75 Å². The molecule has 0 bridgehead atoms. The van der Waals surface area contributed by atoms with Gasteiger partial charge in [0.15, 0.2) is 0 Å². The van der Waals surface area contributed by atoms with E-state index in [9.17, 15) is 4.79 Å². The second kappa shape index (κ2) is 13.3. The van der Waals surface area contributed by atoms with Gasteiger partial charge in [0.25, 0.3) is 0 Å². The zero-order valence-corrected chi connectivity index (χ0v) is 18.8. The fourth-order valence-corrected chi connectivity index (χ4v) is 3.48. The van der Waals surface area contributed by atoms with Crippen molar-refractivity contribution in [3.8, 4) is 5.75 Å². The summed E-state index contributed by atoms with van der Waals surface area (Å²) in [5, 5.41) is 3.10. The van der Waals surface area contributed by atoms with Crippen LogP contribution < -0.4 is 15.8 Å². The van der Waals surface area contributed by atoms with Crippen molar-refractivity contribution in [1.29, 1.82) is 0 Å². The van der Waals surface area contributed by atoms with Crippen LogP contribution in [0.3, 0.4) is 0 Å². The van der Waals surface area contributed by atoms with E-state index in [1.807, 2.05) is 36.4 Å². The van der Waals surface area contributed by atoms with Crippen molar-refractivity contribution in [3.05, 3.63) is 59.7 Å². The summed E-state index contributed by atoms with van der Waals surface area (Å²) in [5.41, 5.74) is 8.88. The molecular weight excluding hydrogens is 425 g/mol. The summed E-state index contributed by atoms with van der Waals surface area (Å²) >= 11 is 0. The number of nitrogens with zero attached hydrogens (tertiary/aromatic N) is 1. The maximum Gasteiger partial charge on any atom is 0.220 e. The molecule has 8 heteroatoms. The Balaban J connectivity index is 0.00000225. The van der Waals surface area contributed by atoms with Crippen molar-refractivity contribution < 1.29 is 14.3 Å². The lowest BCUT2D eigenvalue weighted by atomic mass is 10.0. The number of hydrogen-bond donors (Lipinski definition) is 2. The first-order valence-corrected chi connectivity index (χ1v) is 9.73. The zero-order valence-electron chi connectivity index (χ0n) is 17.2. The average molecular weight is 456 g/mol. The van der Waals surface area contributed by atoms with Crippen molar-refractivity contribution in [2.24, 2.45) is 0 Å². The molecule has 1 aliphatic heterocycles. The SMILES string of the molecule is COc1ccc(C(CNC(=O)CCc2ccccc2N)N2CCOCC2)cc1.Cl.Cl. The van der Waals surface area contributed by atoms with E-state index in [1.54, 1.807) is 7.11 Å². The van der Waals surface area contributed by atoms with E-state index >= 15 is 0 Å². The van der Waals surface area contributed by atoms with Crippen molar-refractivity contribution in [3.63, 3.8) is 0 Å². The van der Waals surface area contributed by atoms with Gasteiger partial charge >= 0.3 is 0 Å². The van der Waals surface area contributed by atoms with Crippen LogP contribution in [0.4, 0.5) is 5.69 Å². The second-order valence-corrected chi connectivity index (χ2v) is 6.94. The van der Waals surface area contributed by atoms with Crippen LogP contribution in [0.5, 0.6) is 5.75 Å². The molecule has 0 radical (unpaired) electrons. The lowest BCUT2D eigenvalue weighted by Crippen LogP contribution is -2.43. The van der Waals surface area contributed by atoms with Gasteiger partial charge in [-0.25, -0.2) is 0 Å². The predicted molar refractivity (Wildman–Crippen MR) is 125 cm³/mol. The number of methoxy groups -OCH3 is 1. The zero-order chi connectivity index (χ0) is 19.8. The van der Waals surface area contributed by atoms with Crippen LogP contribution >= 0.6 is 24.8 Å². The number of nitrogens with one attached hydrogen (secondary N) is 1. The first-order chi connectivity index (χ1) is 13.7. The third kappa shape index (κ3) is 7.36. The molecular formula is C22H31Cl2N3O3. The first-order valence-electron chi connectivity index (χ1n) is 9.73. The molecule has 3 N–H and O–H groups in total. The summed E-state index contributed by atoms with van der Waals surface area (Å²) in [6, 6.07) is 15.8. The predicted octanol–water partition coefficient (Wildman–Crippen LogP) is 3.24. The van der Waals surface area contributed by atoms with Crippen molar-refractivity contribution in [2.45, 2.75) is 18.9 Å². The summed E-state index contributed by atoms with van der Waals surface area (Å²) in [5.74, 6) is 0.865. The van der Waals surface area contributed by atoms with Crippen LogP contribution in [0.15, 0.2) is 48.5 Å². The van der Waals surface area contributed by atoms with Crippen LogP contribution in [-0.2, 0) is 16.0 Å². The number of nitrogens with two attached hydrogens (primary N) is 1. The van der Waals surface area contributed by atoms with Gasteiger partial charge in [0.05, 0.1) is 26.4 Å². The van der Waals surface area contributed by atoms with Crippen LogP contribution in [0.1, 0.15) is 23.6 Å². The number of halogens is 2. The smallest absolute Gasteiger partial charge is 0.220 e. The molecule has 0 saturated carbocycles. The van der Waals surface area contributed by atoms with Gasteiger partial charge in [-0.15, -0.1) is 24.8 Å². The molecule has 6 nitrogen and oxygen atoms in total. The van der Waals surface area contributed by atoms with Gasteiger partial charge in [-0.3, -0.25) is 9.69 Å². The molecule has 30 heavy (non-hydrogen) atoms. The van der Waals surface area contributed by atoms with Crippen LogP contribution in [0.25, 0.3) is 0 Å². The Morgan fingerprint density at radius 2 is 1.80 bits per heavy atom. The Bertz CT molecular complexity index is 768. The van der Waals surface area contributed by atoms with Gasteiger partial charge in [-0.1, -0.05) is 30.3 Å². The van der Waals surface area contributed by atoms with E-state index in [-0.39, 0.29) is 36.8 Å². The number of para-hydroxylation sites is 1. The van der Waals surface area contributed by atoms with Gasteiger partial charge in [-0.05, 0) is 35.7 Å². The van der Waals surface area contributed by atoms with Crippen LogP contribution in [0, 0.1) is 0 Å². The number of benzene rings is 2. The Labute approximate surface area is 190 Å². The summed E-state index contributed by atoms with van der Waals surface area (Å²) in [6.45, 7) is 3.71. The number of morpholine rings is 1. The standard InChI is InChI=1S/C22H29N3O3.2ClH/c1-27-19-9-6-18(7-10-19)21(25-12-14-28-15-13-25)16-24-22(26)11-8-17-4-2-3-5-20(17)23;;/h2-7,9-10,21H,8,11-16,23H2,1H3,(H,24,26);2*1H. The quantitative estimate of drug-likeness (QED) is 0.597. The number of anilines is 1. The molecule has 0 aromatic heterocycles. The summed E-state index contributed by atoms with van der Waals surface area (Å²) in [6.07, 6.45) is 1.07. The monoisotopic (exact) mass is 455 g/mol. The largest absolute Gasteiger partial charge is 0.497 e. The minimum atomic E-state index is 0. The average Bonchev–Trinajstić information content (AvgIpc) is 2.74. The molecule has 2 aromatic carbocycles. The first kappa shape index (κ1) is 26.0. The summed E-state index contributed by atoms with van der Waals surface area (Å²) in [7, 11) is 1.66. The lowest BCUT2D eigenvalue weighted by Gasteiger charge is -2.35. The molecule has 1 amide bonds. The number of amides is 1. The topological polar surface area (TPSA) is 76.8 Å². The minimum absolute atomic E-state index is 0. The highest BCUT2D eigenvalue weighted by molar-refractivity contribution is 5.85. The highest BCUT2D eigenvalue weighted by Crippen LogP contribution is 2.23. The third-order valence-electron chi connectivity index (χ3n) is 5.16. The lowest BCUT2D eigenvalue weighted by molar-refractivity contribution is -0.121. The third-order valence-corrected chi connectivity index (χ3v) is 5.16. The van der Waals surface area contributed by atoms with Gasteiger partial charge in [-0.2, -0.15) is 0 Å². The Kier molecular flexibility index (Phi) is 11.6. The number of hydrogen-bond acceptors (Lipinski definition) is 5.